The molecular weight excluding hydrogens is 602 g/mol. The number of halogens is 1. The smallest absolute Gasteiger partial charge is 0.263 e. The Hall–Kier alpha value is -3.68. The molecule has 1 aliphatic rings. The highest BCUT2D eigenvalue weighted by molar-refractivity contribution is 7.92. The van der Waals surface area contributed by atoms with Crippen molar-refractivity contribution in [3.8, 4) is 21.9 Å². The van der Waals surface area contributed by atoms with Gasteiger partial charge in [-0.1, -0.05) is 11.2 Å². The lowest BCUT2D eigenvalue weighted by atomic mass is 10.0. The summed E-state index contributed by atoms with van der Waals surface area (Å²) < 4.78 is 44.0. The fraction of sp³-hybridized carbons (Fsp3) is 0.241. The van der Waals surface area contributed by atoms with E-state index in [4.69, 9.17) is 14.0 Å². The largest absolute Gasteiger partial charge is 0.507 e. The molecule has 1 aliphatic heterocycles. The summed E-state index contributed by atoms with van der Waals surface area (Å²) in [7, 11) is -3.90. The first kappa shape index (κ1) is 31.3. The van der Waals surface area contributed by atoms with E-state index in [0.717, 1.165) is 18.0 Å². The third-order valence-corrected chi connectivity index (χ3v) is 8.69. The first-order valence-corrected chi connectivity index (χ1v) is 15.3. The summed E-state index contributed by atoms with van der Waals surface area (Å²) >= 11 is 1.49. The first-order valence-electron chi connectivity index (χ1n) is 12.9. The van der Waals surface area contributed by atoms with Crippen molar-refractivity contribution in [2.45, 2.75) is 11.8 Å². The van der Waals surface area contributed by atoms with Crippen LogP contribution in [0.2, 0.25) is 0 Å². The number of ether oxygens (including phenoxy) is 2. The van der Waals surface area contributed by atoms with E-state index < -0.39 is 10.0 Å². The van der Waals surface area contributed by atoms with E-state index in [1.807, 2.05) is 17.5 Å². The van der Waals surface area contributed by atoms with Crippen molar-refractivity contribution in [1.29, 1.82) is 0 Å². The number of rotatable bonds is 11. The monoisotopic (exact) mass is 631 g/mol. The van der Waals surface area contributed by atoms with Crippen LogP contribution < -0.4 is 9.46 Å². The Morgan fingerprint density at radius 3 is 2.60 bits per heavy atom. The van der Waals surface area contributed by atoms with Crippen LogP contribution >= 0.6 is 23.7 Å². The van der Waals surface area contributed by atoms with E-state index in [2.05, 4.69) is 14.8 Å². The predicted octanol–water partition coefficient (Wildman–Crippen LogP) is 5.25. The zero-order valence-corrected chi connectivity index (χ0v) is 25.1. The molecule has 0 radical (unpaired) electrons. The number of hydrogen-bond donors (Lipinski definition) is 2. The molecule has 0 amide bonds. The number of nitrogens with one attached hydrogen (secondary N) is 1. The van der Waals surface area contributed by atoms with Gasteiger partial charge in [-0.05, 0) is 60.9 Å². The number of aryl methyl sites for hydroxylation is 1. The molecule has 0 saturated carbocycles. The van der Waals surface area contributed by atoms with Crippen LogP contribution in [0.5, 0.6) is 11.5 Å². The maximum atomic E-state index is 13.0. The summed E-state index contributed by atoms with van der Waals surface area (Å²) in [6.45, 7) is 5.82. The van der Waals surface area contributed by atoms with Crippen LogP contribution in [0.3, 0.4) is 0 Å². The molecule has 13 heteroatoms. The number of anilines is 1. The molecule has 4 aromatic rings. The van der Waals surface area contributed by atoms with E-state index in [9.17, 15) is 18.3 Å². The van der Waals surface area contributed by atoms with Gasteiger partial charge in [-0.15, -0.1) is 23.7 Å². The Morgan fingerprint density at radius 1 is 1.17 bits per heavy atom. The third-order valence-electron chi connectivity index (χ3n) is 6.41. The van der Waals surface area contributed by atoms with Crippen molar-refractivity contribution >= 4 is 51.4 Å². The number of aromatic hydroxyl groups is 1. The maximum Gasteiger partial charge on any atom is 0.263 e. The summed E-state index contributed by atoms with van der Waals surface area (Å²) in [5, 5.41) is 16.3. The molecular formula is C29H30ClN3O7S2. The second-order valence-corrected chi connectivity index (χ2v) is 12.0. The number of carbonyl (C=O) groups excluding carboxylic acids is 1. The first-order chi connectivity index (χ1) is 19.8. The van der Waals surface area contributed by atoms with Crippen LogP contribution in [0.15, 0.2) is 75.5 Å². The summed E-state index contributed by atoms with van der Waals surface area (Å²) in [5.41, 5.74) is 1.58. The fourth-order valence-electron chi connectivity index (χ4n) is 4.25. The van der Waals surface area contributed by atoms with Gasteiger partial charge >= 0.3 is 0 Å². The summed E-state index contributed by atoms with van der Waals surface area (Å²) in [4.78, 5) is 16.1. The molecule has 5 rings (SSSR count). The minimum absolute atomic E-state index is 0. The van der Waals surface area contributed by atoms with Gasteiger partial charge in [0.15, 0.2) is 11.6 Å². The highest BCUT2D eigenvalue weighted by Gasteiger charge is 2.18. The van der Waals surface area contributed by atoms with Crippen molar-refractivity contribution in [1.82, 2.24) is 10.1 Å². The molecule has 1 fully saturated rings. The topological polar surface area (TPSA) is 131 Å². The predicted molar refractivity (Wildman–Crippen MR) is 163 cm³/mol. The molecule has 0 unspecified atom stereocenters. The van der Waals surface area contributed by atoms with Gasteiger partial charge in [-0.2, -0.15) is 0 Å². The average molecular weight is 632 g/mol. The van der Waals surface area contributed by atoms with Gasteiger partial charge in [-0.3, -0.25) is 14.4 Å². The van der Waals surface area contributed by atoms with Gasteiger partial charge < -0.3 is 19.1 Å². The van der Waals surface area contributed by atoms with Gasteiger partial charge in [0.2, 0.25) is 0 Å². The Bertz CT molecular complexity index is 1630. The van der Waals surface area contributed by atoms with Gasteiger partial charge in [0.05, 0.1) is 18.1 Å². The zero-order valence-electron chi connectivity index (χ0n) is 22.7. The molecule has 0 bridgehead atoms. The van der Waals surface area contributed by atoms with Crippen LogP contribution in [0, 0.1) is 6.92 Å². The third kappa shape index (κ3) is 7.78. The highest BCUT2D eigenvalue weighted by atomic mass is 35.5. The SMILES string of the molecule is Cc1cc(NS(=O)(=O)c2ccc(C(=O)/C=C/c3cc(-c4cccs4)c(O)cc3OCCN3CCOCC3)cc2)no1.Cl. The summed E-state index contributed by atoms with van der Waals surface area (Å²) in [6, 6.07) is 14.2. The number of allylic oxidation sites excluding steroid dienone is 1. The molecule has 222 valence electrons. The number of hydrogen-bond acceptors (Lipinski definition) is 10. The number of phenolic OH excluding ortho intramolecular Hbond substituents is 1. The Labute approximate surface area is 254 Å². The molecule has 0 spiro atoms. The number of morpholine rings is 1. The maximum absolute atomic E-state index is 13.0. The van der Waals surface area contributed by atoms with Crippen LogP contribution in [0.4, 0.5) is 5.82 Å². The molecule has 2 aromatic heterocycles. The van der Waals surface area contributed by atoms with Crippen molar-refractivity contribution in [2.75, 3.05) is 44.2 Å². The van der Waals surface area contributed by atoms with E-state index in [1.165, 1.54) is 47.7 Å². The number of ketones is 1. The number of carbonyl (C=O) groups is 1. The van der Waals surface area contributed by atoms with Crippen LogP contribution in [-0.2, 0) is 14.8 Å². The summed E-state index contributed by atoms with van der Waals surface area (Å²) in [6.07, 6.45) is 3.04. The van der Waals surface area contributed by atoms with Gasteiger partial charge in [0.25, 0.3) is 10.0 Å². The lowest BCUT2D eigenvalue weighted by Gasteiger charge is -2.26. The van der Waals surface area contributed by atoms with Crippen LogP contribution in [0.1, 0.15) is 21.7 Å². The van der Waals surface area contributed by atoms with Gasteiger partial charge in [0.1, 0.15) is 23.9 Å². The van der Waals surface area contributed by atoms with Crippen molar-refractivity contribution in [2.24, 2.45) is 0 Å². The van der Waals surface area contributed by atoms with E-state index in [0.29, 0.717) is 54.6 Å². The zero-order chi connectivity index (χ0) is 28.8. The second kappa shape index (κ2) is 14.0. The second-order valence-electron chi connectivity index (χ2n) is 9.34. The number of sulfonamides is 1. The fourth-order valence-corrected chi connectivity index (χ4v) is 5.99. The van der Waals surface area contributed by atoms with Crippen LogP contribution in [-0.4, -0.2) is 68.8 Å². The van der Waals surface area contributed by atoms with Gasteiger partial charge in [0, 0.05) is 53.3 Å². The normalized spacial score (nSPS) is 14.0. The molecule has 42 heavy (non-hydrogen) atoms. The van der Waals surface area contributed by atoms with Crippen molar-refractivity contribution < 1.29 is 32.3 Å². The molecule has 1 saturated heterocycles. The quantitative estimate of drug-likeness (QED) is 0.168. The lowest BCUT2D eigenvalue weighted by molar-refractivity contribution is 0.0322. The van der Waals surface area contributed by atoms with Crippen molar-refractivity contribution in [3.63, 3.8) is 0 Å². The minimum atomic E-state index is -3.90. The van der Waals surface area contributed by atoms with Crippen molar-refractivity contribution in [3.05, 3.63) is 82.9 Å². The van der Waals surface area contributed by atoms with E-state index in [-0.39, 0.29) is 34.7 Å². The number of thiophene rings is 1. The molecule has 0 aliphatic carbocycles. The Kier molecular flexibility index (Phi) is 10.4. The Balaban J connectivity index is 0.00000405. The highest BCUT2D eigenvalue weighted by Crippen LogP contribution is 2.38. The molecule has 0 atom stereocenters. The molecule has 10 nitrogen and oxygen atoms in total. The number of nitrogens with zero attached hydrogens (tertiary/aromatic N) is 2. The van der Waals surface area contributed by atoms with E-state index in [1.54, 1.807) is 25.1 Å². The van der Waals surface area contributed by atoms with Gasteiger partial charge in [-0.25, -0.2) is 8.42 Å². The standard InChI is InChI=1S/C29H29N3O7S2.ClH/c1-20-17-29(30-39-20)31-41(35,36)23-7-4-21(5-8-23)25(33)9-6-22-18-24(28-3-2-16-40-28)26(34)19-27(22)38-15-12-32-10-13-37-14-11-32;/h2-9,16-19,34H,10-15H2,1H3,(H,30,31);1H/b9-6+;. The summed E-state index contributed by atoms with van der Waals surface area (Å²) in [5.74, 6) is 0.764. The number of phenols is 1. The average Bonchev–Trinajstić information content (AvgIpc) is 3.65. The number of aromatic nitrogens is 1. The minimum Gasteiger partial charge on any atom is -0.507 e. The number of benzene rings is 2. The van der Waals surface area contributed by atoms with Crippen LogP contribution in [0.25, 0.3) is 16.5 Å². The molecule has 2 N–H and O–H groups in total. The molecule has 2 aromatic carbocycles. The Morgan fingerprint density at radius 2 is 1.93 bits per heavy atom. The van der Waals surface area contributed by atoms with E-state index >= 15 is 0 Å². The molecule has 3 heterocycles. The lowest BCUT2D eigenvalue weighted by Crippen LogP contribution is -2.38.